The third-order valence-electron chi connectivity index (χ3n) is 8.52. The van der Waals surface area contributed by atoms with E-state index in [-0.39, 0.29) is 22.0 Å². The monoisotopic (exact) mass is 467 g/mol. The molecule has 4 atom stereocenters. The molecule has 1 heteroatoms. The van der Waals surface area contributed by atoms with E-state index in [0.717, 1.165) is 11.8 Å². The second-order valence-electron chi connectivity index (χ2n) is 14.5. The Morgan fingerprint density at radius 2 is 0.818 bits per heavy atom. The summed E-state index contributed by atoms with van der Waals surface area (Å²) in [6.45, 7) is 33.6. The minimum absolute atomic E-state index is 0.157. The van der Waals surface area contributed by atoms with Gasteiger partial charge in [-0.3, -0.25) is 0 Å². The van der Waals surface area contributed by atoms with Crippen LogP contribution in [0.4, 0.5) is 0 Å². The van der Waals surface area contributed by atoms with E-state index in [4.69, 9.17) is 4.74 Å². The predicted octanol–water partition coefficient (Wildman–Crippen LogP) is 11.1. The fourth-order valence-electron chi connectivity index (χ4n) is 6.81. The van der Waals surface area contributed by atoms with E-state index < -0.39 is 0 Å². The van der Waals surface area contributed by atoms with Crippen molar-refractivity contribution in [3.05, 3.63) is 0 Å². The summed E-state index contributed by atoms with van der Waals surface area (Å²) in [7, 11) is 0. The van der Waals surface area contributed by atoms with Gasteiger partial charge in [-0.25, -0.2) is 0 Å². The minimum atomic E-state index is -0.157. The van der Waals surface area contributed by atoms with Gasteiger partial charge in [-0.05, 0) is 75.0 Å². The van der Waals surface area contributed by atoms with Gasteiger partial charge in [-0.15, -0.1) is 0 Å². The van der Waals surface area contributed by atoms with Crippen molar-refractivity contribution >= 4 is 0 Å². The molecule has 0 aliphatic carbocycles. The standard InChI is InChI=1S/C32H66O/c1-15-19-21-25(17-3)23-27(29(5,6)7)31(11,12)33-32(13,14)28(30(8,9)10)24-26(18-4)22-20-16-2/h25-28H,15-24H2,1-14H3. The molecule has 200 valence electrons. The third-order valence-corrected chi connectivity index (χ3v) is 8.52. The normalized spacial score (nSPS) is 17.6. The number of rotatable bonds is 16. The SMILES string of the molecule is CCCCC(CC)CC(C(C)(C)C)C(C)(C)OC(C)(C)C(CC(CC)CCCC)C(C)(C)C. The van der Waals surface area contributed by atoms with E-state index >= 15 is 0 Å². The van der Waals surface area contributed by atoms with Gasteiger partial charge in [0.05, 0.1) is 11.2 Å². The number of unbranched alkanes of at least 4 members (excludes halogenated alkanes) is 2. The maximum Gasteiger partial charge on any atom is 0.0667 e. The van der Waals surface area contributed by atoms with E-state index in [9.17, 15) is 0 Å². The average Bonchev–Trinajstić information content (AvgIpc) is 2.65. The van der Waals surface area contributed by atoms with Gasteiger partial charge < -0.3 is 4.74 Å². The molecule has 0 saturated heterocycles. The number of hydrogen-bond donors (Lipinski definition) is 0. The molecule has 0 spiro atoms. The zero-order valence-corrected chi connectivity index (χ0v) is 25.8. The summed E-state index contributed by atoms with van der Waals surface area (Å²) >= 11 is 0. The topological polar surface area (TPSA) is 9.23 Å². The first-order chi connectivity index (χ1) is 15.0. The molecule has 0 amide bonds. The zero-order valence-electron chi connectivity index (χ0n) is 25.8. The minimum Gasteiger partial charge on any atom is -0.369 e. The van der Waals surface area contributed by atoms with Crippen LogP contribution in [-0.4, -0.2) is 11.2 Å². The van der Waals surface area contributed by atoms with Gasteiger partial charge in [-0.1, -0.05) is 121 Å². The van der Waals surface area contributed by atoms with Crippen LogP contribution in [-0.2, 0) is 4.74 Å². The molecule has 0 radical (unpaired) electrons. The van der Waals surface area contributed by atoms with Crippen LogP contribution < -0.4 is 0 Å². The maximum absolute atomic E-state index is 7.30. The highest BCUT2D eigenvalue weighted by atomic mass is 16.5. The fourth-order valence-corrected chi connectivity index (χ4v) is 6.81. The van der Waals surface area contributed by atoms with Crippen LogP contribution in [0.3, 0.4) is 0 Å². The Morgan fingerprint density at radius 1 is 0.515 bits per heavy atom. The summed E-state index contributed by atoms with van der Waals surface area (Å²) < 4.78 is 7.30. The number of ether oxygens (including phenoxy) is 1. The highest BCUT2D eigenvalue weighted by Crippen LogP contribution is 2.48. The predicted molar refractivity (Wildman–Crippen MR) is 151 cm³/mol. The van der Waals surface area contributed by atoms with Crippen molar-refractivity contribution in [2.24, 2.45) is 34.5 Å². The second kappa shape index (κ2) is 13.9. The molecule has 0 aromatic carbocycles. The van der Waals surface area contributed by atoms with Crippen LogP contribution in [0.1, 0.15) is 161 Å². The molecule has 0 fully saturated rings. The smallest absolute Gasteiger partial charge is 0.0667 e. The van der Waals surface area contributed by atoms with Gasteiger partial charge in [0.25, 0.3) is 0 Å². The summed E-state index contributed by atoms with van der Waals surface area (Å²) in [5.74, 6) is 2.68. The van der Waals surface area contributed by atoms with Gasteiger partial charge in [0.1, 0.15) is 0 Å². The van der Waals surface area contributed by atoms with Crippen molar-refractivity contribution in [2.45, 2.75) is 172 Å². The third kappa shape index (κ3) is 11.5. The van der Waals surface area contributed by atoms with Crippen molar-refractivity contribution in [2.75, 3.05) is 0 Å². The van der Waals surface area contributed by atoms with E-state index in [1.807, 2.05) is 0 Å². The Balaban J connectivity index is 5.89. The van der Waals surface area contributed by atoms with Gasteiger partial charge in [0.15, 0.2) is 0 Å². The van der Waals surface area contributed by atoms with Crippen molar-refractivity contribution in [1.29, 1.82) is 0 Å². The first kappa shape index (κ1) is 33.0. The number of hydrogen-bond acceptors (Lipinski definition) is 1. The van der Waals surface area contributed by atoms with Crippen molar-refractivity contribution < 1.29 is 4.74 Å². The Hall–Kier alpha value is -0.0400. The lowest BCUT2D eigenvalue weighted by atomic mass is 9.65. The van der Waals surface area contributed by atoms with E-state index in [0.29, 0.717) is 11.8 Å². The Kier molecular flexibility index (Phi) is 13.9. The average molecular weight is 467 g/mol. The highest BCUT2D eigenvalue weighted by Gasteiger charge is 2.47. The van der Waals surface area contributed by atoms with Crippen LogP contribution >= 0.6 is 0 Å². The molecule has 33 heavy (non-hydrogen) atoms. The molecule has 0 heterocycles. The lowest BCUT2D eigenvalue weighted by molar-refractivity contribution is -0.207. The van der Waals surface area contributed by atoms with Gasteiger partial charge in [-0.2, -0.15) is 0 Å². The Morgan fingerprint density at radius 3 is 1.03 bits per heavy atom. The molecular weight excluding hydrogens is 400 g/mol. The van der Waals surface area contributed by atoms with Gasteiger partial charge in [0, 0.05) is 0 Å². The molecule has 4 unspecified atom stereocenters. The molecule has 0 bridgehead atoms. The molecule has 0 rings (SSSR count). The summed E-state index contributed by atoms with van der Waals surface area (Å²) in [6.07, 6.45) is 13.1. The summed E-state index contributed by atoms with van der Waals surface area (Å²) in [4.78, 5) is 0. The van der Waals surface area contributed by atoms with Crippen LogP contribution in [0.5, 0.6) is 0 Å². The molecule has 0 aromatic rings. The fraction of sp³-hybridized carbons (Fsp3) is 1.00. The summed E-state index contributed by atoms with van der Waals surface area (Å²) in [5.41, 5.74) is 0.138. The quantitative estimate of drug-likeness (QED) is 0.220. The van der Waals surface area contributed by atoms with Gasteiger partial charge in [0.2, 0.25) is 0 Å². The maximum atomic E-state index is 7.30. The Bertz CT molecular complexity index is 456. The summed E-state index contributed by atoms with van der Waals surface area (Å²) in [5, 5.41) is 0. The van der Waals surface area contributed by atoms with E-state index in [1.54, 1.807) is 0 Å². The summed E-state index contributed by atoms with van der Waals surface area (Å²) in [6, 6.07) is 0. The van der Waals surface area contributed by atoms with Crippen molar-refractivity contribution in [3.63, 3.8) is 0 Å². The lowest BCUT2D eigenvalue weighted by Crippen LogP contribution is -2.52. The molecule has 0 saturated carbocycles. The van der Waals surface area contributed by atoms with Crippen LogP contribution in [0.2, 0.25) is 0 Å². The molecule has 0 aromatic heterocycles. The zero-order chi connectivity index (χ0) is 26.1. The van der Waals surface area contributed by atoms with Crippen LogP contribution in [0.15, 0.2) is 0 Å². The van der Waals surface area contributed by atoms with Crippen LogP contribution in [0.25, 0.3) is 0 Å². The Labute approximate surface area is 211 Å². The molecule has 1 nitrogen and oxygen atoms in total. The van der Waals surface area contributed by atoms with E-state index in [1.165, 1.54) is 64.2 Å². The molecule has 0 N–H and O–H groups in total. The second-order valence-corrected chi connectivity index (χ2v) is 14.5. The highest BCUT2D eigenvalue weighted by molar-refractivity contribution is 4.96. The van der Waals surface area contributed by atoms with E-state index in [2.05, 4.69) is 96.9 Å². The molecule has 0 aliphatic rings. The van der Waals surface area contributed by atoms with Gasteiger partial charge >= 0.3 is 0 Å². The first-order valence-electron chi connectivity index (χ1n) is 14.7. The van der Waals surface area contributed by atoms with Crippen LogP contribution in [0, 0.1) is 34.5 Å². The van der Waals surface area contributed by atoms with Crippen molar-refractivity contribution in [1.82, 2.24) is 0 Å². The molecular formula is C32H66O. The lowest BCUT2D eigenvalue weighted by Gasteiger charge is -2.52. The molecule has 0 aliphatic heterocycles. The first-order valence-corrected chi connectivity index (χ1v) is 14.7. The largest absolute Gasteiger partial charge is 0.369 e. The van der Waals surface area contributed by atoms with Crippen molar-refractivity contribution in [3.8, 4) is 0 Å².